The average molecular weight is 363 g/mol. The average Bonchev–Trinajstić information content (AvgIpc) is 3.32. The van der Waals surface area contributed by atoms with Crippen LogP contribution in [0.4, 0.5) is 0 Å². The van der Waals surface area contributed by atoms with Crippen LogP contribution in [0.15, 0.2) is 65.5 Å². The van der Waals surface area contributed by atoms with Crippen molar-refractivity contribution in [3.8, 4) is 11.4 Å². The number of hydrogen-bond acceptors (Lipinski definition) is 3. The lowest BCUT2D eigenvalue weighted by Crippen LogP contribution is -1.85. The van der Waals surface area contributed by atoms with E-state index in [-0.39, 0.29) is 0 Å². The molecule has 134 valence electrons. The van der Waals surface area contributed by atoms with Crippen molar-refractivity contribution in [2.24, 2.45) is 0 Å². The maximum absolute atomic E-state index is 6.00. The van der Waals surface area contributed by atoms with Crippen molar-refractivity contribution >= 4 is 43.5 Å². The maximum atomic E-state index is 6.00. The van der Waals surface area contributed by atoms with Gasteiger partial charge in [-0.15, -0.1) is 0 Å². The Hall–Kier alpha value is -3.66. The molecule has 0 radical (unpaired) electrons. The standard InChI is InChI=1S/C24H17N3O/c1-13-5-3-7-17-16(13)8-9-18-20(17)22-21(19-14(2)12-28-23(18)19)26-24(27-22)15-6-4-10-25-11-15/h3-12H,1-2H3,(H,26,27). The van der Waals surface area contributed by atoms with E-state index in [9.17, 15) is 0 Å². The monoisotopic (exact) mass is 363 g/mol. The van der Waals surface area contributed by atoms with Crippen molar-refractivity contribution in [1.29, 1.82) is 0 Å². The molecule has 0 saturated heterocycles. The molecule has 3 heterocycles. The van der Waals surface area contributed by atoms with Gasteiger partial charge in [0.2, 0.25) is 0 Å². The molecule has 4 heteroatoms. The van der Waals surface area contributed by atoms with Crippen molar-refractivity contribution in [2.45, 2.75) is 13.8 Å². The second-order valence-electron chi connectivity index (χ2n) is 7.33. The van der Waals surface area contributed by atoms with Gasteiger partial charge in [-0.3, -0.25) is 4.98 Å². The fourth-order valence-electron chi connectivity index (χ4n) is 4.29. The molecule has 0 amide bonds. The van der Waals surface area contributed by atoms with Crippen molar-refractivity contribution in [2.75, 3.05) is 0 Å². The minimum Gasteiger partial charge on any atom is -0.463 e. The molecule has 6 rings (SSSR count). The topological polar surface area (TPSA) is 54.7 Å². The van der Waals surface area contributed by atoms with E-state index in [1.807, 2.05) is 24.6 Å². The number of aromatic nitrogens is 3. The van der Waals surface area contributed by atoms with Crippen LogP contribution in [-0.2, 0) is 0 Å². The summed E-state index contributed by atoms with van der Waals surface area (Å²) in [7, 11) is 0. The van der Waals surface area contributed by atoms with Gasteiger partial charge < -0.3 is 9.40 Å². The number of aryl methyl sites for hydroxylation is 2. The SMILES string of the molecule is Cc1cccc2c1ccc1c3occ(C)c3c3[nH]c(-c4cccnc4)nc3c21. The highest BCUT2D eigenvalue weighted by atomic mass is 16.3. The van der Waals surface area contributed by atoms with E-state index in [0.29, 0.717) is 0 Å². The van der Waals surface area contributed by atoms with Crippen LogP contribution in [0.25, 0.3) is 54.9 Å². The molecule has 0 aliphatic carbocycles. The van der Waals surface area contributed by atoms with Crippen LogP contribution in [-0.4, -0.2) is 15.0 Å². The molecule has 0 spiro atoms. The number of benzene rings is 3. The van der Waals surface area contributed by atoms with Crippen molar-refractivity contribution < 1.29 is 4.42 Å². The van der Waals surface area contributed by atoms with Crippen LogP contribution >= 0.6 is 0 Å². The Morgan fingerprint density at radius 2 is 1.75 bits per heavy atom. The number of pyridine rings is 1. The highest BCUT2D eigenvalue weighted by Crippen LogP contribution is 2.41. The highest BCUT2D eigenvalue weighted by molar-refractivity contribution is 6.29. The third kappa shape index (κ3) is 1.94. The number of hydrogen-bond donors (Lipinski definition) is 1. The quantitative estimate of drug-likeness (QED) is 0.349. The van der Waals surface area contributed by atoms with Gasteiger partial charge in [0.15, 0.2) is 0 Å². The van der Waals surface area contributed by atoms with Crippen molar-refractivity contribution in [1.82, 2.24) is 15.0 Å². The van der Waals surface area contributed by atoms with E-state index in [2.05, 4.69) is 54.1 Å². The van der Waals surface area contributed by atoms with Crippen LogP contribution in [0, 0.1) is 13.8 Å². The molecule has 0 aliphatic heterocycles. The van der Waals surface area contributed by atoms with Crippen LogP contribution in [0.1, 0.15) is 11.1 Å². The Labute approximate surface area is 160 Å². The van der Waals surface area contributed by atoms with E-state index in [0.717, 1.165) is 49.7 Å². The predicted octanol–water partition coefficient (Wildman–Crippen LogP) is 6.29. The summed E-state index contributed by atoms with van der Waals surface area (Å²) in [5.41, 5.74) is 6.23. The first-order valence-corrected chi connectivity index (χ1v) is 9.34. The molecule has 1 N–H and O–H groups in total. The predicted molar refractivity (Wildman–Crippen MR) is 114 cm³/mol. The summed E-state index contributed by atoms with van der Waals surface area (Å²) >= 11 is 0. The lowest BCUT2D eigenvalue weighted by Gasteiger charge is -2.08. The third-order valence-corrected chi connectivity index (χ3v) is 5.62. The highest BCUT2D eigenvalue weighted by Gasteiger charge is 2.19. The van der Waals surface area contributed by atoms with Crippen molar-refractivity contribution in [3.05, 3.63) is 72.2 Å². The Kier molecular flexibility index (Phi) is 2.98. The third-order valence-electron chi connectivity index (χ3n) is 5.62. The molecule has 3 aromatic carbocycles. The lowest BCUT2D eigenvalue weighted by atomic mass is 9.96. The minimum atomic E-state index is 0.821. The van der Waals surface area contributed by atoms with Crippen molar-refractivity contribution in [3.63, 3.8) is 0 Å². The molecule has 3 aromatic heterocycles. The van der Waals surface area contributed by atoms with E-state index < -0.39 is 0 Å². The number of furan rings is 1. The Balaban J connectivity index is 1.89. The van der Waals surface area contributed by atoms with Gasteiger partial charge in [0.25, 0.3) is 0 Å². The number of nitrogens with one attached hydrogen (secondary N) is 1. The lowest BCUT2D eigenvalue weighted by molar-refractivity contribution is 0.616. The Bertz CT molecular complexity index is 1520. The second kappa shape index (κ2) is 5.42. The molecule has 0 aliphatic rings. The van der Waals surface area contributed by atoms with Gasteiger partial charge in [-0.05, 0) is 53.9 Å². The molecular weight excluding hydrogens is 346 g/mol. The summed E-state index contributed by atoms with van der Waals surface area (Å²) < 4.78 is 6.00. The molecule has 6 aromatic rings. The second-order valence-corrected chi connectivity index (χ2v) is 7.33. The van der Waals surface area contributed by atoms with Gasteiger partial charge in [0.05, 0.1) is 17.3 Å². The largest absolute Gasteiger partial charge is 0.463 e. The molecule has 4 nitrogen and oxygen atoms in total. The van der Waals surface area contributed by atoms with Gasteiger partial charge in [-0.2, -0.15) is 0 Å². The van der Waals surface area contributed by atoms with E-state index in [1.165, 1.54) is 16.3 Å². The molecule has 0 fully saturated rings. The Morgan fingerprint density at radius 1 is 0.857 bits per heavy atom. The van der Waals surface area contributed by atoms with Gasteiger partial charge >= 0.3 is 0 Å². The summed E-state index contributed by atoms with van der Waals surface area (Å²) in [5.74, 6) is 0.821. The zero-order chi connectivity index (χ0) is 18.8. The van der Waals surface area contributed by atoms with Gasteiger partial charge in [-0.1, -0.05) is 24.3 Å². The smallest absolute Gasteiger partial charge is 0.144 e. The van der Waals surface area contributed by atoms with Gasteiger partial charge in [0.1, 0.15) is 11.4 Å². The molecule has 0 atom stereocenters. The van der Waals surface area contributed by atoms with E-state index in [4.69, 9.17) is 9.40 Å². The number of imidazole rings is 1. The number of fused-ring (bicyclic) bond motifs is 8. The zero-order valence-corrected chi connectivity index (χ0v) is 15.6. The van der Waals surface area contributed by atoms with Crippen LogP contribution < -0.4 is 0 Å². The normalized spacial score (nSPS) is 11.9. The fraction of sp³-hybridized carbons (Fsp3) is 0.0833. The maximum Gasteiger partial charge on any atom is 0.144 e. The Morgan fingerprint density at radius 3 is 2.61 bits per heavy atom. The summed E-state index contributed by atoms with van der Waals surface area (Å²) in [6, 6.07) is 14.7. The summed E-state index contributed by atoms with van der Waals surface area (Å²) in [5, 5.41) is 5.76. The van der Waals surface area contributed by atoms with E-state index >= 15 is 0 Å². The minimum absolute atomic E-state index is 0.821. The zero-order valence-electron chi connectivity index (χ0n) is 15.6. The van der Waals surface area contributed by atoms with E-state index in [1.54, 1.807) is 6.20 Å². The molecule has 28 heavy (non-hydrogen) atoms. The molecule has 0 unspecified atom stereocenters. The first-order valence-electron chi connectivity index (χ1n) is 9.34. The van der Waals surface area contributed by atoms with Crippen LogP contribution in [0.2, 0.25) is 0 Å². The van der Waals surface area contributed by atoms with Gasteiger partial charge in [0, 0.05) is 34.1 Å². The number of nitrogens with zero attached hydrogens (tertiary/aromatic N) is 2. The summed E-state index contributed by atoms with van der Waals surface area (Å²) in [6.07, 6.45) is 5.44. The number of H-pyrrole nitrogens is 1. The number of aromatic amines is 1. The fourth-order valence-corrected chi connectivity index (χ4v) is 4.29. The van der Waals surface area contributed by atoms with Gasteiger partial charge in [-0.25, -0.2) is 4.98 Å². The first kappa shape index (κ1) is 15.4. The molecule has 0 saturated carbocycles. The number of rotatable bonds is 1. The molecule has 0 bridgehead atoms. The first-order chi connectivity index (χ1) is 13.7. The summed E-state index contributed by atoms with van der Waals surface area (Å²) in [4.78, 5) is 12.8. The van der Waals surface area contributed by atoms with Crippen LogP contribution in [0.3, 0.4) is 0 Å². The van der Waals surface area contributed by atoms with Crippen LogP contribution in [0.5, 0.6) is 0 Å². The summed E-state index contributed by atoms with van der Waals surface area (Å²) in [6.45, 7) is 4.22. The molecular formula is C24H17N3O.